The standard InChI is InChI=1S/C24H29FN4O2S/c25-21-5-2-1-4-19(21)17-27-11-3-8-24(18-27)9-12-28(13-10-24)32-20-6-7-22(26-16-20)29-14-15-31-23(29)30/h1-2,4-7,16H,3,8-15,17-18H2. The van der Waals surface area contributed by atoms with E-state index in [0.717, 1.165) is 36.6 Å². The molecule has 0 aliphatic carbocycles. The van der Waals surface area contributed by atoms with E-state index < -0.39 is 0 Å². The lowest BCUT2D eigenvalue weighted by Gasteiger charge is -2.47. The summed E-state index contributed by atoms with van der Waals surface area (Å²) in [7, 11) is 0. The summed E-state index contributed by atoms with van der Waals surface area (Å²) in [6.45, 7) is 5.87. The van der Waals surface area contributed by atoms with Crippen molar-refractivity contribution in [3.63, 3.8) is 0 Å². The highest BCUT2D eigenvalue weighted by Gasteiger charge is 2.38. The van der Waals surface area contributed by atoms with Gasteiger partial charge in [0.25, 0.3) is 0 Å². The molecule has 0 atom stereocenters. The van der Waals surface area contributed by atoms with Crippen molar-refractivity contribution in [2.75, 3.05) is 44.2 Å². The SMILES string of the molecule is O=C1OCCN1c1ccc(SN2CCC3(CCCN(Cc4ccccc4F)C3)CC2)cn1. The van der Waals surface area contributed by atoms with E-state index in [0.29, 0.717) is 30.9 Å². The van der Waals surface area contributed by atoms with Crippen molar-refractivity contribution in [2.24, 2.45) is 5.41 Å². The molecular weight excluding hydrogens is 427 g/mol. The van der Waals surface area contributed by atoms with Crippen LogP contribution in [-0.4, -0.2) is 59.6 Å². The number of rotatable bonds is 5. The van der Waals surface area contributed by atoms with Gasteiger partial charge in [-0.1, -0.05) is 18.2 Å². The minimum atomic E-state index is -0.323. The van der Waals surface area contributed by atoms with Gasteiger partial charge in [-0.25, -0.2) is 18.5 Å². The fourth-order valence-corrected chi connectivity index (χ4v) is 6.00. The Hall–Kier alpha value is -2.16. The fourth-order valence-electron chi connectivity index (χ4n) is 5.11. The summed E-state index contributed by atoms with van der Waals surface area (Å²) in [6.07, 6.45) is 6.30. The zero-order chi connectivity index (χ0) is 22.0. The van der Waals surface area contributed by atoms with Gasteiger partial charge in [-0.2, -0.15) is 0 Å². The first-order valence-corrected chi connectivity index (χ1v) is 12.2. The molecule has 2 aromatic rings. The van der Waals surface area contributed by atoms with Gasteiger partial charge < -0.3 is 4.74 Å². The van der Waals surface area contributed by atoms with Gasteiger partial charge in [-0.15, -0.1) is 0 Å². The van der Waals surface area contributed by atoms with Gasteiger partial charge in [-0.3, -0.25) is 9.80 Å². The van der Waals surface area contributed by atoms with Gasteiger partial charge in [0.15, 0.2) is 0 Å². The van der Waals surface area contributed by atoms with Crippen molar-refractivity contribution in [1.82, 2.24) is 14.2 Å². The zero-order valence-corrected chi connectivity index (χ0v) is 19.0. The Labute approximate surface area is 192 Å². The smallest absolute Gasteiger partial charge is 0.415 e. The van der Waals surface area contributed by atoms with E-state index in [1.54, 1.807) is 29.0 Å². The minimum absolute atomic E-state index is 0.0976. The number of nitrogens with zero attached hydrogens (tertiary/aromatic N) is 4. The van der Waals surface area contributed by atoms with Crippen LogP contribution >= 0.6 is 11.9 Å². The predicted molar refractivity (Wildman–Crippen MR) is 123 cm³/mol. The molecular formula is C24H29FN4O2S. The molecule has 1 spiro atoms. The number of aromatic nitrogens is 1. The van der Waals surface area contributed by atoms with E-state index in [9.17, 15) is 9.18 Å². The molecule has 0 saturated carbocycles. The van der Waals surface area contributed by atoms with Crippen LogP contribution in [0.1, 0.15) is 31.2 Å². The van der Waals surface area contributed by atoms with Crippen LogP contribution in [0, 0.1) is 11.2 Å². The maximum absolute atomic E-state index is 14.1. The highest BCUT2D eigenvalue weighted by molar-refractivity contribution is 7.97. The number of hydrogen-bond acceptors (Lipinski definition) is 6. The number of halogens is 1. The largest absolute Gasteiger partial charge is 0.447 e. The third-order valence-electron chi connectivity index (χ3n) is 6.87. The second-order valence-electron chi connectivity index (χ2n) is 9.04. The Morgan fingerprint density at radius 3 is 2.62 bits per heavy atom. The van der Waals surface area contributed by atoms with Crippen LogP contribution in [0.5, 0.6) is 0 Å². The van der Waals surface area contributed by atoms with Gasteiger partial charge in [0.2, 0.25) is 0 Å². The van der Waals surface area contributed by atoms with E-state index in [2.05, 4.69) is 14.2 Å². The number of piperidine rings is 2. The highest BCUT2D eigenvalue weighted by atomic mass is 32.2. The summed E-state index contributed by atoms with van der Waals surface area (Å²) >= 11 is 1.74. The first kappa shape index (κ1) is 21.7. The Kier molecular flexibility index (Phi) is 6.35. The first-order chi connectivity index (χ1) is 15.6. The zero-order valence-electron chi connectivity index (χ0n) is 18.2. The number of anilines is 1. The maximum Gasteiger partial charge on any atom is 0.415 e. The van der Waals surface area contributed by atoms with Crippen LogP contribution in [-0.2, 0) is 11.3 Å². The second kappa shape index (κ2) is 9.37. The average Bonchev–Trinajstić information content (AvgIpc) is 3.24. The number of benzene rings is 1. The van der Waals surface area contributed by atoms with Gasteiger partial charge >= 0.3 is 6.09 Å². The van der Waals surface area contributed by atoms with Crippen LogP contribution in [0.25, 0.3) is 0 Å². The number of carbonyl (C=O) groups is 1. The second-order valence-corrected chi connectivity index (χ2v) is 10.2. The number of likely N-dealkylation sites (tertiary alicyclic amines) is 1. The Morgan fingerprint density at radius 2 is 1.91 bits per heavy atom. The molecule has 1 aromatic carbocycles. The van der Waals surface area contributed by atoms with Crippen LogP contribution in [0.3, 0.4) is 0 Å². The Balaban J connectivity index is 1.14. The third-order valence-corrected chi connectivity index (χ3v) is 7.94. The molecule has 0 unspecified atom stereocenters. The molecule has 1 aromatic heterocycles. The monoisotopic (exact) mass is 456 g/mol. The van der Waals surface area contributed by atoms with Crippen molar-refractivity contribution >= 4 is 23.9 Å². The summed E-state index contributed by atoms with van der Waals surface area (Å²) in [5.41, 5.74) is 1.15. The summed E-state index contributed by atoms with van der Waals surface area (Å²) in [6, 6.07) is 11.1. The number of ether oxygens (including phenoxy) is 1. The molecule has 3 saturated heterocycles. The number of carbonyl (C=O) groups excluding carboxylic acids is 1. The van der Waals surface area contributed by atoms with E-state index in [-0.39, 0.29) is 11.9 Å². The normalized spacial score (nSPS) is 21.8. The third kappa shape index (κ3) is 4.77. The number of cyclic esters (lactones) is 1. The predicted octanol–water partition coefficient (Wildman–Crippen LogP) is 4.56. The van der Waals surface area contributed by atoms with Crippen molar-refractivity contribution < 1.29 is 13.9 Å². The van der Waals surface area contributed by atoms with Gasteiger partial charge in [-0.05, 0) is 67.8 Å². The lowest BCUT2D eigenvalue weighted by molar-refractivity contribution is 0.0406. The highest BCUT2D eigenvalue weighted by Crippen LogP contribution is 2.42. The molecule has 1 amide bonds. The molecule has 3 fully saturated rings. The number of pyridine rings is 1. The molecule has 32 heavy (non-hydrogen) atoms. The Morgan fingerprint density at radius 1 is 1.06 bits per heavy atom. The summed E-state index contributed by atoms with van der Waals surface area (Å²) < 4.78 is 21.5. The first-order valence-electron chi connectivity index (χ1n) is 11.4. The molecule has 5 rings (SSSR count). The lowest BCUT2D eigenvalue weighted by Crippen LogP contribution is -2.48. The number of amides is 1. The molecule has 6 nitrogen and oxygen atoms in total. The molecule has 4 heterocycles. The average molecular weight is 457 g/mol. The number of hydrogen-bond donors (Lipinski definition) is 0. The maximum atomic E-state index is 14.1. The van der Waals surface area contributed by atoms with E-state index >= 15 is 0 Å². The van der Waals surface area contributed by atoms with Crippen LogP contribution in [0.2, 0.25) is 0 Å². The molecule has 170 valence electrons. The van der Waals surface area contributed by atoms with Gasteiger partial charge in [0.1, 0.15) is 18.2 Å². The van der Waals surface area contributed by atoms with E-state index in [1.807, 2.05) is 30.5 Å². The van der Waals surface area contributed by atoms with Crippen LogP contribution in [0.4, 0.5) is 15.0 Å². The lowest BCUT2D eigenvalue weighted by atomic mass is 9.73. The summed E-state index contributed by atoms with van der Waals surface area (Å²) in [5, 5.41) is 0. The molecule has 3 aliphatic rings. The van der Waals surface area contributed by atoms with Crippen molar-refractivity contribution in [3.8, 4) is 0 Å². The van der Waals surface area contributed by atoms with Crippen molar-refractivity contribution in [1.29, 1.82) is 0 Å². The molecule has 0 N–H and O–H groups in total. The summed E-state index contributed by atoms with van der Waals surface area (Å²) in [4.78, 5) is 21.2. The topological polar surface area (TPSA) is 48.9 Å². The van der Waals surface area contributed by atoms with Crippen molar-refractivity contribution in [3.05, 3.63) is 54.0 Å². The van der Waals surface area contributed by atoms with Gasteiger partial charge in [0, 0.05) is 42.8 Å². The van der Waals surface area contributed by atoms with Gasteiger partial charge in [0.05, 0.1) is 6.54 Å². The van der Waals surface area contributed by atoms with E-state index in [1.165, 1.54) is 25.7 Å². The van der Waals surface area contributed by atoms with Crippen molar-refractivity contribution in [2.45, 2.75) is 37.1 Å². The van der Waals surface area contributed by atoms with E-state index in [4.69, 9.17) is 4.74 Å². The fraction of sp³-hybridized carbons (Fsp3) is 0.500. The quantitative estimate of drug-likeness (QED) is 0.615. The molecule has 8 heteroatoms. The Bertz CT molecular complexity index is 949. The molecule has 3 aliphatic heterocycles. The summed E-state index contributed by atoms with van der Waals surface area (Å²) in [5.74, 6) is 0.547. The van der Waals surface area contributed by atoms with Crippen LogP contribution < -0.4 is 4.90 Å². The molecule has 0 radical (unpaired) electrons. The molecule has 0 bridgehead atoms. The van der Waals surface area contributed by atoms with Crippen LogP contribution in [0.15, 0.2) is 47.5 Å². The minimum Gasteiger partial charge on any atom is -0.447 e.